The maximum absolute atomic E-state index is 12.3. The topological polar surface area (TPSA) is 51.3 Å². The lowest BCUT2D eigenvalue weighted by Gasteiger charge is -2.20. The molecule has 2 N–H and O–H groups in total. The third-order valence-electron chi connectivity index (χ3n) is 4.32. The van der Waals surface area contributed by atoms with Crippen molar-refractivity contribution in [3.05, 3.63) is 23.5 Å². The number of nitrogens with zero attached hydrogens (tertiary/aromatic N) is 2. The zero-order chi connectivity index (χ0) is 13.4. The molecule has 19 heavy (non-hydrogen) atoms. The van der Waals surface area contributed by atoms with Crippen LogP contribution in [0.3, 0.4) is 0 Å². The van der Waals surface area contributed by atoms with Crippen molar-refractivity contribution < 1.29 is 4.79 Å². The van der Waals surface area contributed by atoms with Gasteiger partial charge < -0.3 is 15.2 Å². The highest BCUT2D eigenvalue weighted by atomic mass is 16.2. The van der Waals surface area contributed by atoms with Gasteiger partial charge in [0.25, 0.3) is 0 Å². The normalized spacial score (nSPS) is 22.1. The highest BCUT2D eigenvalue weighted by molar-refractivity contribution is 5.76. The molecule has 1 aromatic rings. The molecule has 1 fully saturated rings. The van der Waals surface area contributed by atoms with E-state index in [1.165, 1.54) is 24.0 Å². The first-order valence-corrected chi connectivity index (χ1v) is 7.42. The summed E-state index contributed by atoms with van der Waals surface area (Å²) in [5.74, 6) is 0.242. The fraction of sp³-hybridized carbons (Fsp3) is 0.667. The van der Waals surface area contributed by atoms with Crippen LogP contribution in [0.15, 0.2) is 12.4 Å². The molecule has 0 radical (unpaired) electrons. The van der Waals surface area contributed by atoms with E-state index in [0.29, 0.717) is 12.6 Å². The molecule has 3 rings (SSSR count). The summed E-state index contributed by atoms with van der Waals surface area (Å²) in [6.45, 7) is 3.35. The second-order valence-corrected chi connectivity index (χ2v) is 5.82. The molecular formula is C15H23N3O. The predicted molar refractivity (Wildman–Crippen MR) is 74.7 cm³/mol. The highest BCUT2D eigenvalue weighted by Gasteiger charge is 2.31. The van der Waals surface area contributed by atoms with Gasteiger partial charge >= 0.3 is 0 Å². The molecule has 1 aromatic heterocycles. The van der Waals surface area contributed by atoms with Crippen LogP contribution >= 0.6 is 0 Å². The van der Waals surface area contributed by atoms with Crippen LogP contribution in [0.2, 0.25) is 0 Å². The molecule has 0 aromatic carbocycles. The quantitative estimate of drug-likeness (QED) is 0.899. The zero-order valence-electron chi connectivity index (χ0n) is 11.6. The predicted octanol–water partition coefficient (Wildman–Crippen LogP) is 1.84. The van der Waals surface area contributed by atoms with E-state index in [0.717, 1.165) is 25.8 Å². The van der Waals surface area contributed by atoms with E-state index in [4.69, 9.17) is 5.73 Å². The third kappa shape index (κ3) is 2.54. The summed E-state index contributed by atoms with van der Waals surface area (Å²) in [5, 5.41) is 0. The van der Waals surface area contributed by atoms with Crippen molar-refractivity contribution >= 4 is 5.91 Å². The first-order valence-electron chi connectivity index (χ1n) is 7.42. The number of likely N-dealkylation sites (N-methyl/N-ethyl adjacent to an activating group) is 1. The lowest BCUT2D eigenvalue weighted by molar-refractivity contribution is -0.132. The Morgan fingerprint density at radius 3 is 2.84 bits per heavy atom. The second-order valence-electron chi connectivity index (χ2n) is 5.82. The molecule has 4 nitrogen and oxygen atoms in total. The summed E-state index contributed by atoms with van der Waals surface area (Å²) < 4.78 is 2.03. The van der Waals surface area contributed by atoms with Gasteiger partial charge in [0.15, 0.2) is 0 Å². The second kappa shape index (κ2) is 5.00. The van der Waals surface area contributed by atoms with E-state index >= 15 is 0 Å². The van der Waals surface area contributed by atoms with Crippen LogP contribution < -0.4 is 5.73 Å². The number of aromatic nitrogens is 1. The van der Waals surface area contributed by atoms with E-state index in [9.17, 15) is 4.79 Å². The Morgan fingerprint density at radius 1 is 1.42 bits per heavy atom. The van der Waals surface area contributed by atoms with Crippen molar-refractivity contribution in [3.63, 3.8) is 0 Å². The van der Waals surface area contributed by atoms with Gasteiger partial charge in [0.1, 0.15) is 6.54 Å². The molecule has 4 heteroatoms. The average molecular weight is 261 g/mol. The molecule has 104 valence electrons. The maximum atomic E-state index is 12.3. The number of amides is 1. The molecule has 1 unspecified atom stereocenters. The third-order valence-corrected chi connectivity index (χ3v) is 4.32. The van der Waals surface area contributed by atoms with Gasteiger partial charge in [-0.1, -0.05) is 0 Å². The smallest absolute Gasteiger partial charge is 0.242 e. The summed E-state index contributed by atoms with van der Waals surface area (Å²) in [6, 6.07) is 0.663. The Morgan fingerprint density at radius 2 is 2.21 bits per heavy atom. The lowest BCUT2D eigenvalue weighted by Crippen LogP contribution is -2.35. The highest BCUT2D eigenvalue weighted by Crippen LogP contribution is 2.29. The molecule has 0 aliphatic heterocycles. The minimum absolute atomic E-state index is 0.158. The molecule has 2 aliphatic rings. The Kier molecular flexibility index (Phi) is 3.35. The standard InChI is InChI=1S/C15H23N3O/c1-2-18(12-6-7-12)15(19)10-17-8-11-4-3-5-14(16)13(11)9-17/h8-9,12,14H,2-7,10,16H2,1H3. The van der Waals surface area contributed by atoms with Crippen molar-refractivity contribution in [1.29, 1.82) is 0 Å². The summed E-state index contributed by atoms with van der Waals surface area (Å²) in [7, 11) is 0. The number of aryl methyl sites for hydroxylation is 1. The van der Waals surface area contributed by atoms with Gasteiger partial charge in [0.05, 0.1) is 0 Å². The van der Waals surface area contributed by atoms with Gasteiger partial charge in [-0.05, 0) is 50.2 Å². The average Bonchev–Trinajstić information content (AvgIpc) is 3.11. The van der Waals surface area contributed by atoms with Crippen LogP contribution in [-0.4, -0.2) is 28.0 Å². The van der Waals surface area contributed by atoms with Crippen LogP contribution in [0.4, 0.5) is 0 Å². The molecular weight excluding hydrogens is 238 g/mol. The fourth-order valence-corrected chi connectivity index (χ4v) is 3.15. The van der Waals surface area contributed by atoms with Gasteiger partial charge in [0, 0.05) is 31.0 Å². The monoisotopic (exact) mass is 261 g/mol. The van der Waals surface area contributed by atoms with Crippen molar-refractivity contribution in [2.24, 2.45) is 5.73 Å². The van der Waals surface area contributed by atoms with E-state index < -0.39 is 0 Å². The number of carbonyl (C=O) groups excluding carboxylic acids is 1. The molecule has 0 spiro atoms. The van der Waals surface area contributed by atoms with Crippen molar-refractivity contribution in [1.82, 2.24) is 9.47 Å². The van der Waals surface area contributed by atoms with Crippen LogP contribution in [0.1, 0.15) is 49.8 Å². The van der Waals surface area contributed by atoms with Crippen molar-refractivity contribution in [3.8, 4) is 0 Å². The Balaban J connectivity index is 1.71. The SMILES string of the molecule is CCN(C(=O)Cn1cc2c(c1)C(N)CCC2)C1CC1. The number of hydrogen-bond donors (Lipinski definition) is 1. The molecule has 0 saturated heterocycles. The number of carbonyl (C=O) groups is 1. The maximum Gasteiger partial charge on any atom is 0.242 e. The van der Waals surface area contributed by atoms with E-state index in [-0.39, 0.29) is 11.9 Å². The van der Waals surface area contributed by atoms with Gasteiger partial charge in [0.2, 0.25) is 5.91 Å². The van der Waals surface area contributed by atoms with Crippen LogP contribution in [0.25, 0.3) is 0 Å². The van der Waals surface area contributed by atoms with Gasteiger partial charge in [-0.25, -0.2) is 0 Å². The van der Waals surface area contributed by atoms with E-state index in [1.54, 1.807) is 0 Å². The molecule has 1 amide bonds. The molecule has 1 heterocycles. The lowest BCUT2D eigenvalue weighted by atomic mass is 9.92. The Hall–Kier alpha value is -1.29. The first-order chi connectivity index (χ1) is 9.19. The Bertz CT molecular complexity index is 476. The number of hydrogen-bond acceptors (Lipinski definition) is 2. The van der Waals surface area contributed by atoms with Crippen LogP contribution in [0.5, 0.6) is 0 Å². The molecule has 1 saturated carbocycles. The summed E-state index contributed by atoms with van der Waals surface area (Å²) >= 11 is 0. The number of nitrogens with two attached hydrogens (primary N) is 1. The van der Waals surface area contributed by atoms with E-state index in [2.05, 4.69) is 19.3 Å². The zero-order valence-corrected chi connectivity index (χ0v) is 11.6. The molecule has 1 atom stereocenters. The van der Waals surface area contributed by atoms with Gasteiger partial charge in [-0.3, -0.25) is 4.79 Å². The van der Waals surface area contributed by atoms with Crippen LogP contribution in [0, 0.1) is 0 Å². The van der Waals surface area contributed by atoms with Gasteiger partial charge in [-0.2, -0.15) is 0 Å². The minimum atomic E-state index is 0.158. The van der Waals surface area contributed by atoms with E-state index in [1.807, 2.05) is 9.47 Å². The van der Waals surface area contributed by atoms with Crippen molar-refractivity contribution in [2.75, 3.05) is 6.54 Å². The summed E-state index contributed by atoms with van der Waals surface area (Å²) in [4.78, 5) is 14.3. The number of fused-ring (bicyclic) bond motifs is 1. The van der Waals surface area contributed by atoms with Gasteiger partial charge in [-0.15, -0.1) is 0 Å². The van der Waals surface area contributed by atoms with Crippen molar-refractivity contribution in [2.45, 2.75) is 57.7 Å². The molecule has 2 aliphatic carbocycles. The number of rotatable bonds is 4. The summed E-state index contributed by atoms with van der Waals surface area (Å²) in [5.41, 5.74) is 8.70. The minimum Gasteiger partial charge on any atom is -0.344 e. The van der Waals surface area contributed by atoms with Crippen LogP contribution in [-0.2, 0) is 17.8 Å². The fourth-order valence-electron chi connectivity index (χ4n) is 3.15. The Labute approximate surface area is 114 Å². The molecule has 0 bridgehead atoms. The largest absolute Gasteiger partial charge is 0.344 e. The first kappa shape index (κ1) is 12.7. The summed E-state index contributed by atoms with van der Waals surface area (Å²) in [6.07, 6.45) is 9.87.